The molecule has 0 aromatic carbocycles. The van der Waals surface area contributed by atoms with Gasteiger partial charge < -0.3 is 9.84 Å². The molecule has 0 saturated heterocycles. The number of carbonyl (C=O) groups is 2. The predicted molar refractivity (Wildman–Crippen MR) is 245 cm³/mol. The molecule has 1 N–H and O–H groups in total. The fourth-order valence-electron chi connectivity index (χ4n) is 7.47. The van der Waals surface area contributed by atoms with Crippen molar-refractivity contribution in [1.29, 1.82) is 0 Å². The zero-order valence-electron chi connectivity index (χ0n) is 37.4. The van der Waals surface area contributed by atoms with Crippen LogP contribution in [0.1, 0.15) is 264 Å². The Morgan fingerprint density at radius 2 is 0.750 bits per heavy atom. The third kappa shape index (κ3) is 46.3. The highest BCUT2D eigenvalue weighted by atomic mass is 16.5. The Kier molecular flexibility index (Phi) is 45.5. The first-order valence-corrected chi connectivity index (χ1v) is 24.6. The Morgan fingerprint density at radius 3 is 1.16 bits per heavy atom. The summed E-state index contributed by atoms with van der Waals surface area (Å²) >= 11 is 0. The molecule has 0 spiro atoms. The van der Waals surface area contributed by atoms with E-state index >= 15 is 0 Å². The van der Waals surface area contributed by atoms with Crippen LogP contribution in [0.25, 0.3) is 0 Å². The number of rotatable bonds is 45. The van der Waals surface area contributed by atoms with E-state index < -0.39 is 5.97 Å². The Balaban J connectivity index is 3.94. The van der Waals surface area contributed by atoms with Gasteiger partial charge in [-0.1, -0.05) is 223 Å². The van der Waals surface area contributed by atoms with Crippen LogP contribution in [-0.4, -0.2) is 23.1 Å². The molecule has 1 atom stereocenters. The fraction of sp³-hybridized carbons (Fsp3) is 0.808. The second kappa shape index (κ2) is 47.3. The van der Waals surface area contributed by atoms with E-state index in [-0.39, 0.29) is 18.5 Å². The van der Waals surface area contributed by atoms with Gasteiger partial charge in [0.25, 0.3) is 0 Å². The van der Waals surface area contributed by atoms with Gasteiger partial charge in [-0.2, -0.15) is 0 Å². The number of aliphatic carboxylic acids is 1. The highest BCUT2D eigenvalue weighted by Crippen LogP contribution is 2.19. The van der Waals surface area contributed by atoms with E-state index in [9.17, 15) is 9.59 Å². The summed E-state index contributed by atoms with van der Waals surface area (Å²) in [5.41, 5.74) is 0. The maximum atomic E-state index is 12.8. The molecular weight excluding hydrogens is 689 g/mol. The Hall–Kier alpha value is -2.10. The molecule has 0 aliphatic heterocycles. The van der Waals surface area contributed by atoms with Gasteiger partial charge >= 0.3 is 11.9 Å². The number of carboxylic acids is 1. The van der Waals surface area contributed by atoms with Crippen LogP contribution >= 0.6 is 0 Å². The Labute approximate surface area is 349 Å². The maximum absolute atomic E-state index is 12.8. The lowest BCUT2D eigenvalue weighted by Crippen LogP contribution is -2.18. The fourth-order valence-corrected chi connectivity index (χ4v) is 7.47. The second-order valence-corrected chi connectivity index (χ2v) is 16.6. The largest absolute Gasteiger partial charge is 0.481 e. The summed E-state index contributed by atoms with van der Waals surface area (Å²) in [7, 11) is 0. The van der Waals surface area contributed by atoms with Crippen molar-refractivity contribution in [3.63, 3.8) is 0 Å². The number of esters is 1. The van der Waals surface area contributed by atoms with Gasteiger partial charge in [0, 0.05) is 12.8 Å². The Morgan fingerprint density at radius 1 is 0.411 bits per heavy atom. The van der Waals surface area contributed by atoms with Crippen molar-refractivity contribution in [3.05, 3.63) is 48.6 Å². The van der Waals surface area contributed by atoms with E-state index in [0.29, 0.717) is 6.42 Å². The molecule has 0 amide bonds. The van der Waals surface area contributed by atoms with E-state index in [1.807, 2.05) is 0 Å². The molecule has 56 heavy (non-hydrogen) atoms. The van der Waals surface area contributed by atoms with Crippen LogP contribution in [0.2, 0.25) is 0 Å². The SMILES string of the molecule is CC/C=C\C/C=C\C/C=C\C/C=C\CCCCC(CCCCCCCC(=O)O)OC(=O)CCCCCCCCCCCCCCCCCCCCCCCCC. The van der Waals surface area contributed by atoms with Crippen molar-refractivity contribution in [2.24, 2.45) is 0 Å². The van der Waals surface area contributed by atoms with E-state index in [0.717, 1.165) is 103 Å². The molecule has 0 bridgehead atoms. The summed E-state index contributed by atoms with van der Waals surface area (Å²) in [4.78, 5) is 23.5. The molecule has 0 radical (unpaired) electrons. The molecule has 0 aromatic heterocycles. The average molecular weight is 783 g/mol. The molecule has 1 unspecified atom stereocenters. The third-order valence-corrected chi connectivity index (χ3v) is 11.1. The number of unbranched alkanes of at least 4 members (excludes halogenated alkanes) is 28. The molecule has 0 heterocycles. The smallest absolute Gasteiger partial charge is 0.306 e. The summed E-state index contributed by atoms with van der Waals surface area (Å²) in [6.07, 6.45) is 64.5. The third-order valence-electron chi connectivity index (χ3n) is 11.1. The summed E-state index contributed by atoms with van der Waals surface area (Å²) in [6, 6.07) is 0. The normalized spacial score (nSPS) is 12.6. The molecule has 0 aromatic rings. The highest BCUT2D eigenvalue weighted by Gasteiger charge is 2.14. The highest BCUT2D eigenvalue weighted by molar-refractivity contribution is 5.69. The van der Waals surface area contributed by atoms with Crippen LogP contribution in [0.15, 0.2) is 48.6 Å². The molecule has 4 heteroatoms. The summed E-state index contributed by atoms with van der Waals surface area (Å²) < 4.78 is 6.03. The van der Waals surface area contributed by atoms with E-state index in [1.54, 1.807) is 0 Å². The van der Waals surface area contributed by atoms with Crippen molar-refractivity contribution in [2.75, 3.05) is 0 Å². The average Bonchev–Trinajstić information content (AvgIpc) is 3.19. The minimum Gasteiger partial charge on any atom is -0.481 e. The van der Waals surface area contributed by atoms with Crippen LogP contribution < -0.4 is 0 Å². The molecule has 0 fully saturated rings. The molecule has 326 valence electrons. The first-order valence-electron chi connectivity index (χ1n) is 24.6. The molecule has 0 aliphatic rings. The van der Waals surface area contributed by atoms with Gasteiger partial charge in [0.2, 0.25) is 0 Å². The number of allylic oxidation sites excluding steroid dienone is 8. The van der Waals surface area contributed by atoms with Gasteiger partial charge in [0.15, 0.2) is 0 Å². The molecule has 0 aliphatic carbocycles. The van der Waals surface area contributed by atoms with Gasteiger partial charge in [-0.05, 0) is 77.0 Å². The van der Waals surface area contributed by atoms with Crippen molar-refractivity contribution in [1.82, 2.24) is 0 Å². The van der Waals surface area contributed by atoms with Crippen molar-refractivity contribution < 1.29 is 19.4 Å². The lowest BCUT2D eigenvalue weighted by molar-refractivity contribution is -0.150. The minimum atomic E-state index is -0.706. The van der Waals surface area contributed by atoms with Crippen LogP contribution in [0, 0.1) is 0 Å². The van der Waals surface area contributed by atoms with Gasteiger partial charge in [0.1, 0.15) is 6.10 Å². The van der Waals surface area contributed by atoms with Crippen molar-refractivity contribution in [2.45, 2.75) is 270 Å². The van der Waals surface area contributed by atoms with Gasteiger partial charge in [-0.25, -0.2) is 0 Å². The van der Waals surface area contributed by atoms with Crippen LogP contribution in [-0.2, 0) is 14.3 Å². The first-order chi connectivity index (χ1) is 27.6. The second-order valence-electron chi connectivity index (χ2n) is 16.6. The van der Waals surface area contributed by atoms with E-state index in [4.69, 9.17) is 9.84 Å². The van der Waals surface area contributed by atoms with Crippen molar-refractivity contribution in [3.8, 4) is 0 Å². The quantitative estimate of drug-likeness (QED) is 0.0380. The first kappa shape index (κ1) is 53.9. The van der Waals surface area contributed by atoms with E-state index in [2.05, 4.69) is 62.5 Å². The topological polar surface area (TPSA) is 63.6 Å². The monoisotopic (exact) mass is 783 g/mol. The molecule has 0 saturated carbocycles. The Bertz CT molecular complexity index is 931. The maximum Gasteiger partial charge on any atom is 0.306 e. The zero-order chi connectivity index (χ0) is 40.7. The number of ether oxygens (including phenoxy) is 1. The summed E-state index contributed by atoms with van der Waals surface area (Å²) in [6.45, 7) is 4.46. The predicted octanol–water partition coefficient (Wildman–Crippen LogP) is 17.5. The lowest BCUT2D eigenvalue weighted by Gasteiger charge is -2.18. The van der Waals surface area contributed by atoms with Crippen molar-refractivity contribution >= 4 is 11.9 Å². The lowest BCUT2D eigenvalue weighted by atomic mass is 10.0. The van der Waals surface area contributed by atoms with Gasteiger partial charge in [-0.3, -0.25) is 9.59 Å². The number of carbonyl (C=O) groups excluding carboxylic acids is 1. The summed E-state index contributed by atoms with van der Waals surface area (Å²) in [5.74, 6) is -0.720. The van der Waals surface area contributed by atoms with Gasteiger partial charge in [0.05, 0.1) is 0 Å². The zero-order valence-corrected chi connectivity index (χ0v) is 37.4. The molecule has 4 nitrogen and oxygen atoms in total. The van der Waals surface area contributed by atoms with E-state index in [1.165, 1.54) is 135 Å². The summed E-state index contributed by atoms with van der Waals surface area (Å²) in [5, 5.41) is 8.86. The minimum absolute atomic E-state index is 0.0149. The van der Waals surface area contributed by atoms with Crippen LogP contribution in [0.5, 0.6) is 0 Å². The molecular formula is C52H94O4. The van der Waals surface area contributed by atoms with Gasteiger partial charge in [-0.15, -0.1) is 0 Å². The van der Waals surface area contributed by atoms with Crippen LogP contribution in [0.3, 0.4) is 0 Å². The number of hydrogen-bond donors (Lipinski definition) is 1. The number of hydrogen-bond acceptors (Lipinski definition) is 3. The molecule has 0 rings (SSSR count). The van der Waals surface area contributed by atoms with Crippen LogP contribution in [0.4, 0.5) is 0 Å². The standard InChI is InChI=1S/C52H94O4/c1-3-5-7-9-11-13-15-17-19-20-21-22-23-24-25-26-28-30-32-34-36-41-45-49-52(55)56-50(47-43-39-37-40-44-48-51(53)54)46-42-38-35-33-31-29-27-18-16-14-12-10-8-6-4-2/h6,8,12,14,18,27,31,33,50H,3-5,7,9-11,13,15-17,19-26,28-30,32,34-49H2,1-2H3,(H,53,54)/b8-6-,14-12-,27-18-,33-31-. The number of carboxylic acid groups (broad SMARTS) is 1.